The minimum atomic E-state index is -0.526. The summed E-state index contributed by atoms with van der Waals surface area (Å²) in [5.41, 5.74) is 9.52. The van der Waals surface area contributed by atoms with Gasteiger partial charge < -0.3 is 27.0 Å². The molecule has 6 N–H and O–H groups in total. The number of rotatable bonds is 7. The fourth-order valence-electron chi connectivity index (χ4n) is 3.44. The Morgan fingerprint density at radius 2 is 1.12 bits per heavy atom. The molecule has 0 unspecified atom stereocenters. The first-order valence-corrected chi connectivity index (χ1v) is 13.4. The lowest BCUT2D eigenvalue weighted by atomic mass is 10.1. The molecule has 12 heteroatoms. The van der Waals surface area contributed by atoms with Crippen molar-refractivity contribution in [1.29, 1.82) is 0 Å². The number of nitrogens with one attached hydrogen (secondary N) is 4. The van der Waals surface area contributed by atoms with E-state index >= 15 is 0 Å². The third-order valence-corrected chi connectivity index (χ3v) is 6.57. The van der Waals surface area contributed by atoms with E-state index in [1.165, 1.54) is 18.2 Å². The van der Waals surface area contributed by atoms with Crippen LogP contribution < -0.4 is 27.0 Å². The van der Waals surface area contributed by atoms with Gasteiger partial charge in [-0.25, -0.2) is 0 Å². The molecule has 206 valence electrons. The van der Waals surface area contributed by atoms with E-state index in [0.29, 0.717) is 22.6 Å². The number of benzene rings is 4. The molecule has 0 aromatic heterocycles. The van der Waals surface area contributed by atoms with Gasteiger partial charge in [-0.15, -0.1) is 0 Å². The van der Waals surface area contributed by atoms with E-state index in [-0.39, 0.29) is 17.2 Å². The van der Waals surface area contributed by atoms with Crippen LogP contribution in [0.25, 0.3) is 0 Å². The van der Waals surface area contributed by atoms with Gasteiger partial charge in [0.05, 0.1) is 16.3 Å². The van der Waals surface area contributed by atoms with Crippen LogP contribution in [0.15, 0.2) is 93.9 Å². The fourth-order valence-corrected chi connectivity index (χ4v) is 3.97. The quantitative estimate of drug-likeness (QED) is 0.0809. The van der Waals surface area contributed by atoms with Crippen molar-refractivity contribution in [1.82, 2.24) is 0 Å². The Morgan fingerprint density at radius 3 is 1.52 bits per heavy atom. The molecule has 0 heterocycles. The van der Waals surface area contributed by atoms with Crippen molar-refractivity contribution in [2.24, 2.45) is 0 Å². The molecule has 0 atom stereocenters. The van der Waals surface area contributed by atoms with Gasteiger partial charge in [0.2, 0.25) is 0 Å². The number of nitrogens with zero attached hydrogens (tertiary/aromatic N) is 1. The summed E-state index contributed by atoms with van der Waals surface area (Å²) in [5, 5.41) is 22.2. The number of anilines is 5. The number of halogens is 2. The summed E-state index contributed by atoms with van der Waals surface area (Å²) in [5.74, 6) is -0.584. The second-order valence-corrected chi connectivity index (χ2v) is 10.0. The van der Waals surface area contributed by atoms with Gasteiger partial charge in [-0.1, -0.05) is 31.9 Å². The van der Waals surface area contributed by atoms with Crippen molar-refractivity contribution in [3.05, 3.63) is 115 Å². The van der Waals surface area contributed by atoms with Crippen molar-refractivity contribution < 1.29 is 14.5 Å². The van der Waals surface area contributed by atoms with Crippen LogP contribution in [0, 0.1) is 10.1 Å². The predicted molar refractivity (Wildman–Crippen MR) is 167 cm³/mol. The smallest absolute Gasteiger partial charge is 0.293 e. The van der Waals surface area contributed by atoms with Crippen LogP contribution in [-0.2, 0) is 0 Å². The summed E-state index contributed by atoms with van der Waals surface area (Å²) >= 11 is 6.65. The van der Waals surface area contributed by atoms with E-state index in [4.69, 9.17) is 5.73 Å². The monoisotopic (exact) mass is 668 g/mol. The number of nitrogens with two attached hydrogens (primary N) is 1. The topological polar surface area (TPSA) is 151 Å². The Morgan fingerprint density at radius 1 is 0.700 bits per heavy atom. The second-order valence-electron chi connectivity index (χ2n) is 8.21. The molecule has 40 heavy (non-hydrogen) atoms. The van der Waals surface area contributed by atoms with Crippen LogP contribution in [0.1, 0.15) is 20.7 Å². The third-order valence-electron chi connectivity index (χ3n) is 5.51. The van der Waals surface area contributed by atoms with E-state index in [9.17, 15) is 19.7 Å². The van der Waals surface area contributed by atoms with Gasteiger partial charge in [0.15, 0.2) is 0 Å². The van der Waals surface area contributed by atoms with Crippen molar-refractivity contribution in [2.45, 2.75) is 0 Å². The highest BCUT2D eigenvalue weighted by molar-refractivity contribution is 9.10. The Labute approximate surface area is 247 Å². The van der Waals surface area contributed by atoms with E-state index < -0.39 is 10.8 Å². The molecule has 0 aliphatic carbocycles. The first-order chi connectivity index (χ1) is 19.1. The maximum absolute atomic E-state index is 12.1. The molecule has 2 amide bonds. The van der Waals surface area contributed by atoms with E-state index in [1.54, 1.807) is 56.6 Å². The maximum Gasteiger partial charge on any atom is 0.293 e. The number of nitro benzene ring substituents is 1. The van der Waals surface area contributed by atoms with Crippen molar-refractivity contribution in [3.8, 4) is 0 Å². The highest BCUT2D eigenvalue weighted by atomic mass is 79.9. The number of amides is 2. The van der Waals surface area contributed by atoms with Crippen LogP contribution in [0.4, 0.5) is 34.1 Å². The molecule has 4 aromatic rings. The van der Waals surface area contributed by atoms with Crippen LogP contribution in [0.2, 0.25) is 0 Å². The number of hydrogen-bond donors (Lipinski definition) is 5. The molecule has 10 nitrogen and oxygen atoms in total. The average molecular weight is 670 g/mol. The first-order valence-electron chi connectivity index (χ1n) is 11.8. The van der Waals surface area contributed by atoms with Gasteiger partial charge in [0.25, 0.3) is 17.5 Å². The minimum absolute atomic E-state index is 0.138. The largest absolute Gasteiger partial charge is 0.397 e. The zero-order valence-electron chi connectivity index (χ0n) is 21.5. The van der Waals surface area contributed by atoms with Gasteiger partial charge in [-0.2, -0.15) is 0 Å². The number of nitrogen functional groups attached to an aromatic ring is 1. The van der Waals surface area contributed by atoms with Gasteiger partial charge in [-0.05, 0) is 78.9 Å². The number of carbonyl (C=O) groups excluding carboxylic acids is 2. The Hall–Kier alpha value is -4.42. The Kier molecular flexibility index (Phi) is 10.6. The van der Waals surface area contributed by atoms with Crippen LogP contribution in [-0.4, -0.2) is 30.8 Å². The molecule has 0 spiro atoms. The number of carbonyl (C=O) groups is 2. The molecule has 4 rings (SSSR count). The second kappa shape index (κ2) is 14.1. The molecular formula is C28H26Br2N6O4. The summed E-state index contributed by atoms with van der Waals surface area (Å²) in [4.78, 5) is 34.6. The molecule has 0 fully saturated rings. The molecule has 4 aromatic carbocycles. The zero-order valence-corrected chi connectivity index (χ0v) is 24.7. The van der Waals surface area contributed by atoms with Crippen LogP contribution >= 0.6 is 31.9 Å². The van der Waals surface area contributed by atoms with Gasteiger partial charge in [0, 0.05) is 51.6 Å². The van der Waals surface area contributed by atoms with E-state index in [1.807, 2.05) is 24.3 Å². The van der Waals surface area contributed by atoms with Crippen molar-refractivity contribution >= 4 is 77.8 Å². The zero-order chi connectivity index (χ0) is 29.2. The molecular weight excluding hydrogens is 644 g/mol. The molecule has 0 aliphatic rings. The Balaban J connectivity index is 0.000000222. The lowest BCUT2D eigenvalue weighted by Gasteiger charge is -2.08. The molecule has 0 aliphatic heterocycles. The molecule has 0 bridgehead atoms. The summed E-state index contributed by atoms with van der Waals surface area (Å²) < 4.78 is 1.86. The van der Waals surface area contributed by atoms with Crippen LogP contribution in [0.5, 0.6) is 0 Å². The third kappa shape index (κ3) is 8.29. The average Bonchev–Trinajstić information content (AvgIpc) is 2.95. The van der Waals surface area contributed by atoms with E-state index in [2.05, 4.69) is 53.1 Å². The van der Waals surface area contributed by atoms with Crippen molar-refractivity contribution in [2.75, 3.05) is 41.1 Å². The minimum Gasteiger partial charge on any atom is -0.397 e. The highest BCUT2D eigenvalue weighted by Gasteiger charge is 2.17. The molecule has 0 radical (unpaired) electrons. The van der Waals surface area contributed by atoms with Gasteiger partial charge >= 0.3 is 0 Å². The normalized spacial score (nSPS) is 10.0. The van der Waals surface area contributed by atoms with Crippen molar-refractivity contribution in [3.63, 3.8) is 0 Å². The molecule has 0 saturated carbocycles. The first kappa shape index (κ1) is 30.1. The standard InChI is InChI=1S/C14H12BrN3O3.C14H14BrN3O/c1-16-12-7-2-9(8-13(12)18(20)21)14(19)17-11-5-3-10(15)4-6-11;1-17-13-7-2-9(8-12(13)16)14(19)18-11-5-3-10(15)4-6-11/h2-8,16H,1H3,(H,17,19);2-8,17H,16H2,1H3,(H,18,19). The Bertz CT molecular complexity index is 1510. The van der Waals surface area contributed by atoms with Crippen LogP contribution in [0.3, 0.4) is 0 Å². The summed E-state index contributed by atoms with van der Waals surface area (Å²) in [6.07, 6.45) is 0. The fraction of sp³-hybridized carbons (Fsp3) is 0.0714. The van der Waals surface area contributed by atoms with Gasteiger partial charge in [0.1, 0.15) is 5.69 Å². The molecule has 0 saturated heterocycles. The lowest BCUT2D eigenvalue weighted by molar-refractivity contribution is -0.384. The number of hydrogen-bond acceptors (Lipinski definition) is 7. The highest BCUT2D eigenvalue weighted by Crippen LogP contribution is 2.26. The van der Waals surface area contributed by atoms with Gasteiger partial charge in [-0.3, -0.25) is 19.7 Å². The maximum atomic E-state index is 12.1. The SMILES string of the molecule is CNc1ccc(C(=O)Nc2ccc(Br)cc2)cc1N.CNc1ccc(C(=O)Nc2ccc(Br)cc2)cc1[N+](=O)[O-]. The summed E-state index contributed by atoms with van der Waals surface area (Å²) in [7, 11) is 3.37. The number of nitro groups is 1. The van der Waals surface area contributed by atoms with E-state index in [0.717, 1.165) is 20.3 Å². The predicted octanol–water partition coefficient (Wildman–Crippen LogP) is 6.98. The lowest BCUT2D eigenvalue weighted by Crippen LogP contribution is -2.12. The summed E-state index contributed by atoms with van der Waals surface area (Å²) in [6, 6.07) is 23.9. The summed E-state index contributed by atoms with van der Waals surface area (Å²) in [6.45, 7) is 0.